The van der Waals surface area contributed by atoms with Gasteiger partial charge in [-0.25, -0.2) is 0 Å². The van der Waals surface area contributed by atoms with E-state index in [1.165, 1.54) is 0 Å². The zero-order valence-corrected chi connectivity index (χ0v) is 24.8. The van der Waals surface area contributed by atoms with E-state index in [9.17, 15) is 9.59 Å². The van der Waals surface area contributed by atoms with Gasteiger partial charge in [0, 0.05) is 49.9 Å². The number of hydrogen-bond donors (Lipinski definition) is 2. The van der Waals surface area contributed by atoms with Crippen LogP contribution in [0.25, 0.3) is 10.8 Å². The lowest BCUT2D eigenvalue weighted by atomic mass is 9.92. The maximum Gasteiger partial charge on any atom is 0.223 e. The lowest BCUT2D eigenvalue weighted by Gasteiger charge is -2.17. The minimum Gasteiger partial charge on any atom is -0.378 e. The Labute approximate surface area is 244 Å². The first-order chi connectivity index (χ1) is 19.4. The van der Waals surface area contributed by atoms with Gasteiger partial charge in [-0.15, -0.1) is 11.6 Å². The molecule has 0 radical (unpaired) electrons. The Hall–Kier alpha value is -3.18. The highest BCUT2D eigenvalue weighted by molar-refractivity contribution is 6.28. The molecule has 0 aromatic heterocycles. The Bertz CT molecular complexity index is 1240. The van der Waals surface area contributed by atoms with E-state index < -0.39 is 0 Å². The number of rotatable bonds is 18. The van der Waals surface area contributed by atoms with Gasteiger partial charge in [0.25, 0.3) is 0 Å². The molecular formula is C34H44ClN3O2. The maximum atomic E-state index is 13.1. The van der Waals surface area contributed by atoms with Crippen LogP contribution in [0.3, 0.4) is 0 Å². The molecule has 0 spiro atoms. The molecule has 40 heavy (non-hydrogen) atoms. The quantitative estimate of drug-likeness (QED) is 0.0711. The van der Waals surface area contributed by atoms with E-state index in [1.54, 1.807) is 0 Å². The normalized spacial score (nSPS) is 11.8. The Balaban J connectivity index is 1.51. The van der Waals surface area contributed by atoms with Crippen molar-refractivity contribution in [2.45, 2.75) is 70.8 Å². The lowest BCUT2D eigenvalue weighted by Crippen LogP contribution is -2.30. The molecule has 0 saturated heterocycles. The molecule has 2 N–H and O–H groups in total. The number of anilines is 1. The van der Waals surface area contributed by atoms with Crippen LogP contribution in [0, 0.1) is 11.3 Å². The molecule has 3 aromatic carbocycles. The number of unbranched alkanes of at least 4 members (excludes halogenated alkanes) is 4. The van der Waals surface area contributed by atoms with Crippen molar-refractivity contribution in [2.75, 3.05) is 24.9 Å². The number of alkyl halides is 1. The minimum atomic E-state index is -0.0954. The Morgan fingerprint density at radius 2 is 1.50 bits per heavy atom. The topological polar surface area (TPSA) is 73.3 Å². The van der Waals surface area contributed by atoms with Gasteiger partial charge in [0.15, 0.2) is 5.78 Å². The van der Waals surface area contributed by atoms with Crippen LogP contribution < -0.4 is 10.2 Å². The summed E-state index contributed by atoms with van der Waals surface area (Å²) in [7, 11) is 4.04. The third-order valence-electron chi connectivity index (χ3n) is 7.49. The second kappa shape index (κ2) is 16.8. The SMILES string of the molecule is CN(C)c1ccc2cc(C(=O)CCCC(CCCCCCCC(=N)CCl)C(=O)NCc3ccccc3)ccc2c1. The first kappa shape index (κ1) is 31.3. The first-order valence-corrected chi connectivity index (χ1v) is 15.1. The van der Waals surface area contributed by atoms with Crippen LogP contribution in [0.4, 0.5) is 5.69 Å². The average molecular weight is 562 g/mol. The van der Waals surface area contributed by atoms with E-state index in [1.807, 2.05) is 62.6 Å². The van der Waals surface area contributed by atoms with Gasteiger partial charge in [0.05, 0.1) is 5.88 Å². The molecule has 0 aliphatic carbocycles. The lowest BCUT2D eigenvalue weighted by molar-refractivity contribution is -0.125. The summed E-state index contributed by atoms with van der Waals surface area (Å²) in [6, 6.07) is 22.2. The minimum absolute atomic E-state index is 0.0780. The molecule has 1 amide bonds. The van der Waals surface area contributed by atoms with Crippen molar-refractivity contribution in [3.05, 3.63) is 77.9 Å². The molecule has 0 saturated carbocycles. The number of carbonyl (C=O) groups is 2. The fourth-order valence-electron chi connectivity index (χ4n) is 5.00. The molecule has 3 rings (SSSR count). The number of fused-ring (bicyclic) bond motifs is 1. The predicted octanol–water partition coefficient (Wildman–Crippen LogP) is 8.18. The molecule has 6 heteroatoms. The summed E-state index contributed by atoms with van der Waals surface area (Å²) in [4.78, 5) is 28.2. The molecule has 0 fully saturated rings. The summed E-state index contributed by atoms with van der Waals surface area (Å²) in [5.74, 6) is 0.432. The first-order valence-electron chi connectivity index (χ1n) is 14.6. The van der Waals surface area contributed by atoms with Gasteiger partial charge in [-0.05, 0) is 66.6 Å². The number of hydrogen-bond acceptors (Lipinski definition) is 4. The smallest absolute Gasteiger partial charge is 0.223 e. The highest BCUT2D eigenvalue weighted by Gasteiger charge is 2.19. The van der Waals surface area contributed by atoms with Crippen molar-refractivity contribution in [3.63, 3.8) is 0 Å². The molecule has 0 bridgehead atoms. The molecule has 1 atom stereocenters. The molecular weight excluding hydrogens is 518 g/mol. The van der Waals surface area contributed by atoms with Crippen molar-refractivity contribution in [2.24, 2.45) is 5.92 Å². The van der Waals surface area contributed by atoms with E-state index in [4.69, 9.17) is 17.0 Å². The van der Waals surface area contributed by atoms with Gasteiger partial charge in [0.1, 0.15) is 0 Å². The second-order valence-corrected chi connectivity index (χ2v) is 11.2. The standard InChI is InChI=1S/C34H44ClN3O2/c1-38(2)32-21-20-28-22-30(19-18-29(28)23-32)33(39)17-11-15-27(14-9-4-3-5-10-16-31(36)24-35)34(40)37-25-26-12-7-6-8-13-26/h6-8,12-13,18-23,27,36H,3-5,9-11,14-17,24-25H2,1-2H3,(H,37,40). The number of amides is 1. The number of ketones is 1. The van der Waals surface area contributed by atoms with E-state index in [2.05, 4.69) is 28.4 Å². The summed E-state index contributed by atoms with van der Waals surface area (Å²) < 4.78 is 0. The van der Waals surface area contributed by atoms with Crippen molar-refractivity contribution in [3.8, 4) is 0 Å². The maximum absolute atomic E-state index is 13.1. The van der Waals surface area contributed by atoms with Crippen molar-refractivity contribution in [1.82, 2.24) is 5.32 Å². The number of halogens is 1. The van der Waals surface area contributed by atoms with Crippen LogP contribution in [0.1, 0.15) is 80.1 Å². The summed E-state index contributed by atoms with van der Waals surface area (Å²) in [5, 5.41) is 13.0. The van der Waals surface area contributed by atoms with Crippen LogP contribution in [-0.4, -0.2) is 37.4 Å². The van der Waals surface area contributed by atoms with Gasteiger partial charge < -0.3 is 15.6 Å². The van der Waals surface area contributed by atoms with Crippen LogP contribution >= 0.6 is 11.6 Å². The van der Waals surface area contributed by atoms with Gasteiger partial charge in [-0.1, -0.05) is 74.2 Å². The second-order valence-electron chi connectivity index (χ2n) is 10.9. The van der Waals surface area contributed by atoms with Crippen LogP contribution in [0.15, 0.2) is 66.7 Å². The van der Waals surface area contributed by atoms with E-state index in [0.717, 1.165) is 72.5 Å². The molecule has 5 nitrogen and oxygen atoms in total. The Kier molecular flexibility index (Phi) is 13.2. The Morgan fingerprint density at radius 1 is 0.825 bits per heavy atom. The number of carbonyl (C=O) groups excluding carboxylic acids is 2. The number of nitrogens with zero attached hydrogens (tertiary/aromatic N) is 1. The van der Waals surface area contributed by atoms with Gasteiger partial charge in [-0.3, -0.25) is 9.59 Å². The molecule has 0 aliphatic heterocycles. The fourth-order valence-corrected chi connectivity index (χ4v) is 5.13. The molecule has 0 aliphatic rings. The van der Waals surface area contributed by atoms with E-state index in [0.29, 0.717) is 37.4 Å². The van der Waals surface area contributed by atoms with E-state index >= 15 is 0 Å². The fraction of sp³-hybridized carbons (Fsp3) is 0.441. The largest absolute Gasteiger partial charge is 0.378 e. The zero-order valence-electron chi connectivity index (χ0n) is 24.1. The van der Waals surface area contributed by atoms with E-state index in [-0.39, 0.29) is 17.6 Å². The predicted molar refractivity (Wildman–Crippen MR) is 169 cm³/mol. The number of nitrogens with one attached hydrogen (secondary N) is 2. The summed E-state index contributed by atoms with van der Waals surface area (Å²) in [5.41, 5.74) is 3.56. The number of Topliss-reactive ketones (excluding diaryl/α,β-unsaturated/α-hetero) is 1. The molecule has 214 valence electrons. The summed E-state index contributed by atoms with van der Waals surface area (Å²) in [6.07, 6.45) is 8.69. The Morgan fingerprint density at radius 3 is 2.25 bits per heavy atom. The summed E-state index contributed by atoms with van der Waals surface area (Å²) in [6.45, 7) is 0.522. The van der Waals surface area contributed by atoms with Gasteiger partial charge in [0.2, 0.25) is 5.91 Å². The summed E-state index contributed by atoms with van der Waals surface area (Å²) >= 11 is 5.69. The average Bonchev–Trinajstić information content (AvgIpc) is 2.98. The van der Waals surface area contributed by atoms with Crippen molar-refractivity contribution >= 4 is 45.5 Å². The molecule has 0 heterocycles. The molecule has 3 aromatic rings. The van der Waals surface area contributed by atoms with Crippen molar-refractivity contribution in [1.29, 1.82) is 5.41 Å². The monoisotopic (exact) mass is 561 g/mol. The third-order valence-corrected chi connectivity index (χ3v) is 7.81. The van der Waals surface area contributed by atoms with Crippen LogP contribution in [0.2, 0.25) is 0 Å². The number of benzene rings is 3. The molecule has 1 unspecified atom stereocenters. The highest BCUT2D eigenvalue weighted by atomic mass is 35.5. The third kappa shape index (κ3) is 10.4. The zero-order chi connectivity index (χ0) is 28.7. The van der Waals surface area contributed by atoms with Gasteiger partial charge in [-0.2, -0.15) is 0 Å². The van der Waals surface area contributed by atoms with Crippen LogP contribution in [-0.2, 0) is 11.3 Å². The van der Waals surface area contributed by atoms with Crippen LogP contribution in [0.5, 0.6) is 0 Å². The van der Waals surface area contributed by atoms with Crippen molar-refractivity contribution < 1.29 is 9.59 Å². The highest BCUT2D eigenvalue weighted by Crippen LogP contribution is 2.24. The van der Waals surface area contributed by atoms with Gasteiger partial charge >= 0.3 is 0 Å².